The van der Waals surface area contributed by atoms with Gasteiger partial charge in [-0.3, -0.25) is 0 Å². The van der Waals surface area contributed by atoms with Gasteiger partial charge in [0.1, 0.15) is 5.82 Å². The van der Waals surface area contributed by atoms with Crippen LogP contribution >= 0.6 is 0 Å². The van der Waals surface area contributed by atoms with Crippen LogP contribution in [0.5, 0.6) is 0 Å². The van der Waals surface area contributed by atoms with Crippen molar-refractivity contribution in [2.24, 2.45) is 0 Å². The van der Waals surface area contributed by atoms with Crippen molar-refractivity contribution in [1.82, 2.24) is 5.32 Å². The molecule has 21 heavy (non-hydrogen) atoms. The van der Waals surface area contributed by atoms with Crippen LogP contribution < -0.4 is 10.6 Å². The van der Waals surface area contributed by atoms with Crippen LogP contribution in [-0.2, 0) is 9.84 Å². The van der Waals surface area contributed by atoms with E-state index < -0.39 is 27.7 Å². The predicted octanol–water partition coefficient (Wildman–Crippen LogP) is 1.08. The SMILES string of the molecule is CCS(=O)(=O)CCNC(=O)Nc1cc(C(=O)O)ccc1F. The molecule has 0 bridgehead atoms. The first-order chi connectivity index (χ1) is 9.75. The summed E-state index contributed by atoms with van der Waals surface area (Å²) in [5.74, 6) is -2.32. The fourth-order valence-corrected chi connectivity index (χ4v) is 2.09. The summed E-state index contributed by atoms with van der Waals surface area (Å²) < 4.78 is 35.9. The molecule has 0 spiro atoms. The highest BCUT2D eigenvalue weighted by Gasteiger charge is 2.12. The van der Waals surface area contributed by atoms with E-state index in [1.165, 1.54) is 6.92 Å². The average Bonchev–Trinajstić information content (AvgIpc) is 2.40. The van der Waals surface area contributed by atoms with E-state index in [2.05, 4.69) is 10.6 Å². The van der Waals surface area contributed by atoms with E-state index in [0.29, 0.717) is 0 Å². The molecule has 0 heterocycles. The third-order valence-corrected chi connectivity index (χ3v) is 4.31. The molecule has 0 aliphatic carbocycles. The highest BCUT2D eigenvalue weighted by molar-refractivity contribution is 7.91. The predicted molar refractivity (Wildman–Crippen MR) is 74.7 cm³/mol. The molecule has 0 saturated carbocycles. The molecule has 1 aromatic carbocycles. The first kappa shape index (κ1) is 16.9. The highest BCUT2D eigenvalue weighted by Crippen LogP contribution is 2.16. The highest BCUT2D eigenvalue weighted by atomic mass is 32.2. The summed E-state index contributed by atoms with van der Waals surface area (Å²) in [6.45, 7) is 1.37. The lowest BCUT2D eigenvalue weighted by atomic mass is 10.2. The second-order valence-electron chi connectivity index (χ2n) is 4.12. The number of anilines is 1. The Balaban J connectivity index is 2.63. The van der Waals surface area contributed by atoms with Gasteiger partial charge >= 0.3 is 12.0 Å². The molecule has 0 atom stereocenters. The van der Waals surface area contributed by atoms with Crippen LogP contribution in [0.15, 0.2) is 18.2 Å². The summed E-state index contributed by atoms with van der Waals surface area (Å²) in [6, 6.07) is 2.14. The van der Waals surface area contributed by atoms with Crippen LogP contribution in [0.4, 0.5) is 14.9 Å². The lowest BCUT2D eigenvalue weighted by molar-refractivity contribution is 0.0697. The number of urea groups is 1. The lowest BCUT2D eigenvalue weighted by Crippen LogP contribution is -2.33. The molecule has 0 aliphatic heterocycles. The first-order valence-corrected chi connectivity index (χ1v) is 7.85. The maximum atomic E-state index is 13.4. The van der Waals surface area contributed by atoms with Crippen molar-refractivity contribution in [2.45, 2.75) is 6.92 Å². The quantitative estimate of drug-likeness (QED) is 0.726. The van der Waals surface area contributed by atoms with Gasteiger partial charge in [0.05, 0.1) is 17.0 Å². The number of benzene rings is 1. The van der Waals surface area contributed by atoms with E-state index in [4.69, 9.17) is 5.11 Å². The van der Waals surface area contributed by atoms with Gasteiger partial charge < -0.3 is 15.7 Å². The number of amides is 2. The molecule has 7 nitrogen and oxygen atoms in total. The Bertz CT molecular complexity index is 645. The molecule has 2 amide bonds. The molecular formula is C12H15FN2O5S. The number of carbonyl (C=O) groups is 2. The molecule has 1 rings (SSSR count). The summed E-state index contributed by atoms with van der Waals surface area (Å²) in [7, 11) is -3.21. The van der Waals surface area contributed by atoms with Crippen LogP contribution in [0.1, 0.15) is 17.3 Å². The number of carbonyl (C=O) groups excluding carboxylic acids is 1. The molecule has 0 aliphatic rings. The zero-order valence-corrected chi connectivity index (χ0v) is 12.0. The van der Waals surface area contributed by atoms with Crippen LogP contribution in [0.3, 0.4) is 0 Å². The normalized spacial score (nSPS) is 11.0. The van der Waals surface area contributed by atoms with Crippen molar-refractivity contribution in [1.29, 1.82) is 0 Å². The van der Waals surface area contributed by atoms with Crippen molar-refractivity contribution in [2.75, 3.05) is 23.4 Å². The van der Waals surface area contributed by atoms with E-state index in [9.17, 15) is 22.4 Å². The number of aromatic carboxylic acids is 1. The van der Waals surface area contributed by atoms with Crippen molar-refractivity contribution in [3.05, 3.63) is 29.6 Å². The topological polar surface area (TPSA) is 113 Å². The molecular weight excluding hydrogens is 303 g/mol. The van der Waals surface area contributed by atoms with Crippen LogP contribution in [0, 0.1) is 5.82 Å². The Kier molecular flexibility index (Phi) is 5.65. The zero-order valence-electron chi connectivity index (χ0n) is 11.2. The maximum absolute atomic E-state index is 13.4. The summed E-state index contributed by atoms with van der Waals surface area (Å²) in [5.41, 5.74) is -0.481. The molecule has 0 unspecified atom stereocenters. The van der Waals surface area contributed by atoms with E-state index in [1.807, 2.05) is 0 Å². The number of nitrogens with one attached hydrogen (secondary N) is 2. The molecule has 3 N–H and O–H groups in total. The Hall–Kier alpha value is -2.16. The number of carboxylic acid groups (broad SMARTS) is 1. The van der Waals surface area contributed by atoms with E-state index in [-0.39, 0.29) is 29.3 Å². The van der Waals surface area contributed by atoms with Gasteiger partial charge in [0.15, 0.2) is 9.84 Å². The molecule has 0 radical (unpaired) electrons. The Labute approximate surface area is 121 Å². The fraction of sp³-hybridized carbons (Fsp3) is 0.333. The van der Waals surface area contributed by atoms with Gasteiger partial charge in [-0.2, -0.15) is 0 Å². The monoisotopic (exact) mass is 318 g/mol. The zero-order chi connectivity index (χ0) is 16.0. The molecule has 0 fully saturated rings. The van der Waals surface area contributed by atoms with Gasteiger partial charge in [-0.1, -0.05) is 6.92 Å². The minimum absolute atomic E-state index is 0.0361. The third kappa shape index (κ3) is 5.38. The van der Waals surface area contributed by atoms with Gasteiger partial charge in [-0.15, -0.1) is 0 Å². The summed E-state index contributed by atoms with van der Waals surface area (Å²) in [5, 5.41) is 13.2. The van der Waals surface area contributed by atoms with Gasteiger partial charge in [0.2, 0.25) is 0 Å². The van der Waals surface area contributed by atoms with Gasteiger partial charge in [0, 0.05) is 12.3 Å². The summed E-state index contributed by atoms with van der Waals surface area (Å²) in [4.78, 5) is 22.2. The summed E-state index contributed by atoms with van der Waals surface area (Å²) in [6.07, 6.45) is 0. The van der Waals surface area contributed by atoms with Crippen molar-refractivity contribution in [3.8, 4) is 0 Å². The first-order valence-electron chi connectivity index (χ1n) is 6.03. The molecule has 116 valence electrons. The second-order valence-corrected chi connectivity index (χ2v) is 6.59. The minimum Gasteiger partial charge on any atom is -0.478 e. The van der Waals surface area contributed by atoms with Crippen molar-refractivity contribution >= 4 is 27.5 Å². The number of hydrogen-bond donors (Lipinski definition) is 3. The standard InChI is InChI=1S/C12H15FN2O5S/c1-2-21(19,20)6-5-14-12(18)15-10-7-8(11(16)17)3-4-9(10)13/h3-4,7H,2,5-6H2,1H3,(H,16,17)(H2,14,15,18). The van der Waals surface area contributed by atoms with Crippen molar-refractivity contribution in [3.63, 3.8) is 0 Å². The average molecular weight is 318 g/mol. The number of hydrogen-bond acceptors (Lipinski definition) is 4. The second kappa shape index (κ2) is 7.02. The van der Waals surface area contributed by atoms with E-state index in [1.54, 1.807) is 0 Å². The van der Waals surface area contributed by atoms with Gasteiger partial charge in [-0.05, 0) is 18.2 Å². The third-order valence-electron chi connectivity index (χ3n) is 2.60. The Morgan fingerprint density at radius 1 is 1.33 bits per heavy atom. The molecule has 1 aromatic rings. The molecule has 0 aromatic heterocycles. The van der Waals surface area contributed by atoms with Gasteiger partial charge in [-0.25, -0.2) is 22.4 Å². The molecule has 0 saturated heterocycles. The van der Waals surface area contributed by atoms with Crippen LogP contribution in [0.25, 0.3) is 0 Å². The van der Waals surface area contributed by atoms with Gasteiger partial charge in [0.25, 0.3) is 0 Å². The number of halogens is 1. The summed E-state index contributed by atoms with van der Waals surface area (Å²) >= 11 is 0. The Morgan fingerprint density at radius 3 is 2.57 bits per heavy atom. The van der Waals surface area contributed by atoms with Crippen LogP contribution in [-0.4, -0.2) is 43.6 Å². The fourth-order valence-electron chi connectivity index (χ4n) is 1.39. The number of sulfone groups is 1. The lowest BCUT2D eigenvalue weighted by Gasteiger charge is -2.09. The number of rotatable bonds is 6. The van der Waals surface area contributed by atoms with E-state index >= 15 is 0 Å². The van der Waals surface area contributed by atoms with Crippen molar-refractivity contribution < 1.29 is 27.5 Å². The number of carboxylic acids is 1. The Morgan fingerprint density at radius 2 is 2.00 bits per heavy atom. The largest absolute Gasteiger partial charge is 0.478 e. The maximum Gasteiger partial charge on any atom is 0.335 e. The van der Waals surface area contributed by atoms with Crippen LogP contribution in [0.2, 0.25) is 0 Å². The smallest absolute Gasteiger partial charge is 0.335 e. The van der Waals surface area contributed by atoms with E-state index in [0.717, 1.165) is 18.2 Å². The minimum atomic E-state index is -3.21. The molecule has 9 heteroatoms.